The van der Waals surface area contributed by atoms with E-state index in [0.29, 0.717) is 59.7 Å². The second kappa shape index (κ2) is 8.58. The highest BCUT2D eigenvalue weighted by molar-refractivity contribution is 6.08. The molecule has 0 bridgehead atoms. The van der Waals surface area contributed by atoms with Gasteiger partial charge in [-0.2, -0.15) is 0 Å². The van der Waals surface area contributed by atoms with Gasteiger partial charge in [-0.15, -0.1) is 0 Å². The molecule has 0 radical (unpaired) electrons. The van der Waals surface area contributed by atoms with E-state index in [4.69, 9.17) is 21.1 Å². The lowest BCUT2D eigenvalue weighted by molar-refractivity contribution is -0.123. The van der Waals surface area contributed by atoms with Crippen LogP contribution in [-0.2, 0) is 11.3 Å². The minimum atomic E-state index is -0.393. The van der Waals surface area contributed by atoms with E-state index >= 15 is 0 Å². The molecule has 1 atom stereocenters. The van der Waals surface area contributed by atoms with Crippen LogP contribution in [0.3, 0.4) is 0 Å². The number of imidazole rings is 1. The van der Waals surface area contributed by atoms with Gasteiger partial charge in [-0.25, -0.2) is 9.61 Å². The van der Waals surface area contributed by atoms with Crippen molar-refractivity contribution < 1.29 is 14.2 Å². The number of primary amides is 1. The van der Waals surface area contributed by atoms with Crippen LogP contribution in [0.1, 0.15) is 30.1 Å². The molecule has 2 amide bonds. The zero-order valence-electron chi connectivity index (χ0n) is 18.6. The van der Waals surface area contributed by atoms with E-state index in [1.54, 1.807) is 11.1 Å². The number of aryl methyl sites for hydroxylation is 1. The van der Waals surface area contributed by atoms with Crippen LogP contribution in [0.2, 0.25) is 0 Å². The van der Waals surface area contributed by atoms with Crippen molar-refractivity contribution in [3.63, 3.8) is 0 Å². The summed E-state index contributed by atoms with van der Waals surface area (Å²) in [5.41, 5.74) is 14.8. The molecule has 174 valence electrons. The summed E-state index contributed by atoms with van der Waals surface area (Å²) in [5, 5.41) is 7.60. The minimum Gasteiger partial charge on any atom is -0.379 e. The third-order valence-corrected chi connectivity index (χ3v) is 6.20. The van der Waals surface area contributed by atoms with Crippen molar-refractivity contribution in [2.75, 3.05) is 18.8 Å². The second-order valence-electron chi connectivity index (χ2n) is 8.25. The number of anilines is 1. The Morgan fingerprint density at radius 3 is 2.65 bits per heavy atom. The summed E-state index contributed by atoms with van der Waals surface area (Å²) in [6, 6.07) is 9.61. The highest BCUT2D eigenvalue weighted by Crippen LogP contribution is 2.34. The predicted octanol–water partition coefficient (Wildman–Crippen LogP) is 2.09. The standard InChI is InChI=1S/C23H24N8O3/c1-2-31-19-15(23(33)30-10-6-9-14(12-30)21(25)32)11-26-16(13-7-4-3-5-8-13)17(19)27-22(31)18-20(24)29-34-28-18/h3-5,7-8,11,14H,2,6,9-10,12H2,1H3,(H2,24,29)(H2,25,32). The number of hydrogen-bond donors (Lipinski definition) is 2. The lowest BCUT2D eigenvalue weighted by Crippen LogP contribution is -2.44. The molecule has 4 aromatic rings. The van der Waals surface area contributed by atoms with Gasteiger partial charge in [0.25, 0.3) is 5.91 Å². The molecule has 5 rings (SSSR count). The fourth-order valence-electron chi connectivity index (χ4n) is 4.51. The molecule has 0 spiro atoms. The summed E-state index contributed by atoms with van der Waals surface area (Å²) in [4.78, 5) is 36.6. The van der Waals surface area contributed by atoms with E-state index in [0.717, 1.165) is 5.56 Å². The van der Waals surface area contributed by atoms with Gasteiger partial charge in [-0.3, -0.25) is 14.6 Å². The number of carbonyl (C=O) groups excluding carboxylic acids is 2. The van der Waals surface area contributed by atoms with Gasteiger partial charge in [0.1, 0.15) is 5.52 Å². The first-order valence-electron chi connectivity index (χ1n) is 11.1. The monoisotopic (exact) mass is 460 g/mol. The van der Waals surface area contributed by atoms with Gasteiger partial charge < -0.3 is 20.9 Å². The average molecular weight is 460 g/mol. The Balaban J connectivity index is 1.72. The first-order valence-corrected chi connectivity index (χ1v) is 11.1. The SMILES string of the molecule is CCn1c(-c2nonc2N)nc2c(-c3ccccc3)ncc(C(=O)N3CCCC(C(N)=O)C3)c21. The third kappa shape index (κ3) is 3.54. The van der Waals surface area contributed by atoms with E-state index in [2.05, 4.69) is 15.3 Å². The van der Waals surface area contributed by atoms with Crippen molar-refractivity contribution in [1.82, 2.24) is 29.7 Å². The Kier molecular flexibility index (Phi) is 5.44. The van der Waals surface area contributed by atoms with E-state index in [1.165, 1.54) is 0 Å². The molecular formula is C23H24N8O3. The lowest BCUT2D eigenvalue weighted by Gasteiger charge is -2.31. The van der Waals surface area contributed by atoms with Crippen molar-refractivity contribution in [3.8, 4) is 22.8 Å². The molecule has 11 heteroatoms. The number of carbonyl (C=O) groups is 2. The van der Waals surface area contributed by atoms with Crippen molar-refractivity contribution in [2.24, 2.45) is 11.7 Å². The Morgan fingerprint density at radius 2 is 1.97 bits per heavy atom. The first-order chi connectivity index (χ1) is 16.5. The van der Waals surface area contributed by atoms with E-state index in [-0.39, 0.29) is 24.2 Å². The molecule has 1 aliphatic rings. The van der Waals surface area contributed by atoms with Gasteiger partial charge in [-0.05, 0) is 30.1 Å². The molecular weight excluding hydrogens is 436 g/mol. The number of likely N-dealkylation sites (tertiary alicyclic amines) is 1. The molecule has 4 heterocycles. The number of benzene rings is 1. The van der Waals surface area contributed by atoms with Gasteiger partial charge in [0, 0.05) is 31.4 Å². The summed E-state index contributed by atoms with van der Waals surface area (Å²) in [6.07, 6.45) is 2.95. The molecule has 1 aromatic carbocycles. The molecule has 34 heavy (non-hydrogen) atoms. The summed E-state index contributed by atoms with van der Waals surface area (Å²) in [6.45, 7) is 3.25. The Hall–Kier alpha value is -4.28. The van der Waals surface area contributed by atoms with Crippen LogP contribution < -0.4 is 11.5 Å². The zero-order chi connectivity index (χ0) is 23.8. The first kappa shape index (κ1) is 21.6. The molecule has 1 fully saturated rings. The third-order valence-electron chi connectivity index (χ3n) is 6.20. The molecule has 3 aromatic heterocycles. The smallest absolute Gasteiger partial charge is 0.257 e. The topological polar surface area (TPSA) is 159 Å². The van der Waals surface area contributed by atoms with E-state index in [1.807, 2.05) is 41.8 Å². The normalized spacial score (nSPS) is 16.1. The van der Waals surface area contributed by atoms with Crippen molar-refractivity contribution >= 4 is 28.7 Å². The Labute approximate surface area is 194 Å². The van der Waals surface area contributed by atoms with Gasteiger partial charge in [0.05, 0.1) is 22.7 Å². The van der Waals surface area contributed by atoms with E-state index in [9.17, 15) is 9.59 Å². The van der Waals surface area contributed by atoms with E-state index < -0.39 is 5.91 Å². The van der Waals surface area contributed by atoms with Crippen LogP contribution in [0.4, 0.5) is 5.82 Å². The molecule has 0 aliphatic carbocycles. The van der Waals surface area contributed by atoms with Crippen LogP contribution in [0.5, 0.6) is 0 Å². The zero-order valence-corrected chi connectivity index (χ0v) is 18.6. The number of pyridine rings is 1. The Bertz CT molecular complexity index is 1380. The number of nitrogens with zero attached hydrogens (tertiary/aromatic N) is 6. The predicted molar refractivity (Wildman–Crippen MR) is 124 cm³/mol. The molecule has 0 saturated carbocycles. The highest BCUT2D eigenvalue weighted by Gasteiger charge is 2.31. The highest BCUT2D eigenvalue weighted by atomic mass is 16.6. The van der Waals surface area contributed by atoms with Crippen LogP contribution in [0.25, 0.3) is 33.8 Å². The fourth-order valence-corrected chi connectivity index (χ4v) is 4.51. The molecule has 1 unspecified atom stereocenters. The van der Waals surface area contributed by atoms with Gasteiger partial charge >= 0.3 is 0 Å². The summed E-state index contributed by atoms with van der Waals surface area (Å²) < 4.78 is 6.67. The summed E-state index contributed by atoms with van der Waals surface area (Å²) in [5.74, 6) is -0.445. The Morgan fingerprint density at radius 1 is 1.18 bits per heavy atom. The summed E-state index contributed by atoms with van der Waals surface area (Å²) >= 11 is 0. The average Bonchev–Trinajstić information content (AvgIpc) is 3.46. The van der Waals surface area contributed by atoms with Gasteiger partial charge in [-0.1, -0.05) is 30.3 Å². The van der Waals surface area contributed by atoms with Crippen molar-refractivity contribution in [1.29, 1.82) is 0 Å². The number of piperidine rings is 1. The number of nitrogens with two attached hydrogens (primary N) is 2. The lowest BCUT2D eigenvalue weighted by atomic mass is 9.97. The second-order valence-corrected chi connectivity index (χ2v) is 8.25. The maximum Gasteiger partial charge on any atom is 0.257 e. The fraction of sp³-hybridized carbons (Fsp3) is 0.304. The maximum absolute atomic E-state index is 13.7. The molecule has 11 nitrogen and oxygen atoms in total. The largest absolute Gasteiger partial charge is 0.379 e. The minimum absolute atomic E-state index is 0.104. The van der Waals surface area contributed by atoms with Gasteiger partial charge in [0.2, 0.25) is 5.91 Å². The molecule has 1 saturated heterocycles. The maximum atomic E-state index is 13.7. The van der Waals surface area contributed by atoms with Crippen LogP contribution in [-0.4, -0.2) is 54.7 Å². The quantitative estimate of drug-likeness (QED) is 0.458. The number of rotatable bonds is 5. The number of hydrogen-bond acceptors (Lipinski definition) is 8. The number of aromatic nitrogens is 5. The number of nitrogen functional groups attached to an aromatic ring is 1. The number of amides is 2. The molecule has 4 N–H and O–H groups in total. The van der Waals surface area contributed by atoms with Crippen molar-refractivity contribution in [3.05, 3.63) is 42.1 Å². The van der Waals surface area contributed by atoms with Crippen LogP contribution in [0, 0.1) is 5.92 Å². The van der Waals surface area contributed by atoms with Crippen molar-refractivity contribution in [2.45, 2.75) is 26.3 Å². The summed E-state index contributed by atoms with van der Waals surface area (Å²) in [7, 11) is 0. The van der Waals surface area contributed by atoms with Crippen LogP contribution >= 0.6 is 0 Å². The van der Waals surface area contributed by atoms with Gasteiger partial charge in [0.15, 0.2) is 17.3 Å². The number of fused-ring (bicyclic) bond motifs is 1. The molecule has 1 aliphatic heterocycles. The van der Waals surface area contributed by atoms with Crippen LogP contribution in [0.15, 0.2) is 41.2 Å².